The molecule has 0 heterocycles. The summed E-state index contributed by atoms with van der Waals surface area (Å²) in [6.07, 6.45) is -1.65. The summed E-state index contributed by atoms with van der Waals surface area (Å²) in [5, 5.41) is 9.06. The molecule has 0 aliphatic rings. The van der Waals surface area contributed by atoms with Crippen LogP contribution < -0.4 is 22.9 Å². The zero-order valence-electron chi connectivity index (χ0n) is 11.9. The molecule has 0 aromatic carbocycles. The molecule has 9 N–H and O–H groups in total. The van der Waals surface area contributed by atoms with Gasteiger partial charge in [-0.25, -0.2) is 9.59 Å². The van der Waals surface area contributed by atoms with Crippen LogP contribution in [0.15, 0.2) is 0 Å². The van der Waals surface area contributed by atoms with Gasteiger partial charge in [-0.15, -0.1) is 0 Å². The van der Waals surface area contributed by atoms with Crippen LogP contribution in [0.2, 0.25) is 0 Å². The number of esters is 3. The zero-order chi connectivity index (χ0) is 17.4. The summed E-state index contributed by atoms with van der Waals surface area (Å²) in [4.78, 5) is 44.7. The molecular weight excluding hydrogens is 300 g/mol. The second kappa shape index (κ2) is 9.04. The van der Waals surface area contributed by atoms with Gasteiger partial charge in [-0.2, -0.15) is 0 Å². The first-order chi connectivity index (χ1) is 10.1. The first-order valence-corrected chi connectivity index (χ1v) is 6.21. The van der Waals surface area contributed by atoms with Crippen molar-refractivity contribution in [3.63, 3.8) is 0 Å². The maximum absolute atomic E-state index is 11.4. The van der Waals surface area contributed by atoms with Gasteiger partial charge in [-0.3, -0.25) is 9.59 Å². The molecule has 0 radical (unpaired) electrons. The van der Waals surface area contributed by atoms with E-state index >= 15 is 0 Å². The molecule has 0 unspecified atom stereocenters. The van der Waals surface area contributed by atoms with Crippen molar-refractivity contribution in [1.29, 1.82) is 0 Å². The molecule has 126 valence electrons. The lowest BCUT2D eigenvalue weighted by Gasteiger charge is -2.16. The standard InChI is InChI=1S/C11H20N4O7/c1-4(16)8(15)11(20)22-10(19)6(13)3-21-9(18)5(12)2-7(14)17/h4-6,8,16H,2-3,12-13,15H2,1H3,(H2,14,17)/t4-,5+,6+,8+/m1/s1. The first kappa shape index (κ1) is 19.9. The van der Waals surface area contributed by atoms with Crippen LogP contribution >= 0.6 is 0 Å². The Balaban J connectivity index is 4.29. The number of nitrogens with two attached hydrogens (primary N) is 4. The molecule has 0 rings (SSSR count). The summed E-state index contributed by atoms with van der Waals surface area (Å²) in [5.74, 6) is -4.16. The van der Waals surface area contributed by atoms with Crippen LogP contribution in [-0.4, -0.2) is 59.8 Å². The molecule has 4 atom stereocenters. The second-order valence-corrected chi connectivity index (χ2v) is 4.52. The van der Waals surface area contributed by atoms with E-state index in [4.69, 9.17) is 28.0 Å². The molecule has 0 aliphatic heterocycles. The molecule has 0 aromatic heterocycles. The highest BCUT2D eigenvalue weighted by Gasteiger charge is 2.27. The minimum absolute atomic E-state index is 0.430. The molecule has 0 aliphatic carbocycles. The van der Waals surface area contributed by atoms with Crippen molar-refractivity contribution in [3.8, 4) is 0 Å². The molecule has 0 saturated carbocycles. The van der Waals surface area contributed by atoms with Crippen molar-refractivity contribution >= 4 is 23.8 Å². The van der Waals surface area contributed by atoms with E-state index in [9.17, 15) is 19.2 Å². The number of rotatable bonds is 8. The number of carbonyl (C=O) groups is 4. The van der Waals surface area contributed by atoms with Crippen LogP contribution in [0.1, 0.15) is 13.3 Å². The second-order valence-electron chi connectivity index (χ2n) is 4.52. The SMILES string of the molecule is C[C@@H](O)[C@H](N)C(=O)OC(=O)[C@@H](N)COC(=O)[C@@H](N)CC(N)=O. The van der Waals surface area contributed by atoms with E-state index in [1.54, 1.807) is 0 Å². The first-order valence-electron chi connectivity index (χ1n) is 6.21. The summed E-state index contributed by atoms with van der Waals surface area (Å²) in [6.45, 7) is 0.611. The summed E-state index contributed by atoms with van der Waals surface area (Å²) in [5.41, 5.74) is 20.8. The summed E-state index contributed by atoms with van der Waals surface area (Å²) < 4.78 is 8.90. The molecule has 0 aromatic rings. The van der Waals surface area contributed by atoms with E-state index < -0.39 is 61.1 Å². The molecule has 1 amide bonds. The topological polar surface area (TPSA) is 211 Å². The van der Waals surface area contributed by atoms with Crippen LogP contribution in [0.5, 0.6) is 0 Å². The minimum Gasteiger partial charge on any atom is -0.462 e. The van der Waals surface area contributed by atoms with Gasteiger partial charge in [0.2, 0.25) is 5.91 Å². The Morgan fingerprint density at radius 3 is 2.00 bits per heavy atom. The third kappa shape index (κ3) is 7.08. The van der Waals surface area contributed by atoms with E-state index in [2.05, 4.69) is 9.47 Å². The Morgan fingerprint density at radius 1 is 1.00 bits per heavy atom. The van der Waals surface area contributed by atoms with Crippen LogP contribution in [0.3, 0.4) is 0 Å². The third-order valence-electron chi connectivity index (χ3n) is 2.42. The van der Waals surface area contributed by atoms with Gasteiger partial charge in [0, 0.05) is 0 Å². The van der Waals surface area contributed by atoms with Gasteiger partial charge in [-0.05, 0) is 6.92 Å². The van der Waals surface area contributed by atoms with Gasteiger partial charge in [0.1, 0.15) is 24.7 Å². The predicted molar refractivity (Wildman–Crippen MR) is 71.5 cm³/mol. The van der Waals surface area contributed by atoms with Crippen molar-refractivity contribution in [3.05, 3.63) is 0 Å². The van der Waals surface area contributed by atoms with E-state index in [1.165, 1.54) is 6.92 Å². The summed E-state index contributed by atoms with van der Waals surface area (Å²) in [7, 11) is 0. The van der Waals surface area contributed by atoms with Crippen molar-refractivity contribution < 1.29 is 33.8 Å². The van der Waals surface area contributed by atoms with Crippen LogP contribution in [-0.2, 0) is 28.7 Å². The molecule has 22 heavy (non-hydrogen) atoms. The zero-order valence-corrected chi connectivity index (χ0v) is 11.9. The Morgan fingerprint density at radius 2 is 1.55 bits per heavy atom. The van der Waals surface area contributed by atoms with Gasteiger partial charge < -0.3 is 37.5 Å². The molecule has 0 bridgehead atoms. The molecule has 0 spiro atoms. The predicted octanol–water partition coefficient (Wildman–Crippen LogP) is -4.16. The van der Waals surface area contributed by atoms with Gasteiger partial charge in [0.05, 0.1) is 12.5 Å². The molecule has 11 nitrogen and oxygen atoms in total. The number of carbonyl (C=O) groups excluding carboxylic acids is 4. The number of amides is 1. The van der Waals surface area contributed by atoms with Crippen molar-refractivity contribution in [2.45, 2.75) is 37.6 Å². The summed E-state index contributed by atoms with van der Waals surface area (Å²) in [6, 6.07) is -4.16. The number of aliphatic hydroxyl groups is 1. The van der Waals surface area contributed by atoms with Gasteiger partial charge in [0.25, 0.3) is 0 Å². The Kier molecular flexibility index (Phi) is 8.19. The maximum atomic E-state index is 11.4. The van der Waals surface area contributed by atoms with Crippen LogP contribution in [0, 0.1) is 0 Å². The molecule has 11 heteroatoms. The van der Waals surface area contributed by atoms with Crippen molar-refractivity contribution in [2.75, 3.05) is 6.61 Å². The van der Waals surface area contributed by atoms with Crippen LogP contribution in [0.4, 0.5) is 0 Å². The Hall–Kier alpha value is -2.08. The molecular formula is C11H20N4O7. The van der Waals surface area contributed by atoms with Gasteiger partial charge in [0.15, 0.2) is 0 Å². The van der Waals surface area contributed by atoms with E-state index in [-0.39, 0.29) is 0 Å². The lowest BCUT2D eigenvalue weighted by atomic mass is 10.2. The average molecular weight is 320 g/mol. The fraction of sp³-hybridized carbons (Fsp3) is 0.636. The quantitative estimate of drug-likeness (QED) is 0.215. The van der Waals surface area contributed by atoms with E-state index in [0.29, 0.717) is 0 Å². The lowest BCUT2D eigenvalue weighted by Crippen LogP contribution is -2.46. The smallest absolute Gasteiger partial charge is 0.334 e. The Bertz CT molecular complexity index is 440. The van der Waals surface area contributed by atoms with Crippen LogP contribution in [0.25, 0.3) is 0 Å². The number of ether oxygens (including phenoxy) is 2. The maximum Gasteiger partial charge on any atom is 0.334 e. The highest BCUT2D eigenvalue weighted by atomic mass is 16.6. The molecule has 0 fully saturated rings. The third-order valence-corrected chi connectivity index (χ3v) is 2.42. The van der Waals surface area contributed by atoms with Gasteiger partial charge in [-0.1, -0.05) is 0 Å². The number of aliphatic hydroxyl groups excluding tert-OH is 1. The lowest BCUT2D eigenvalue weighted by molar-refractivity contribution is -0.164. The summed E-state index contributed by atoms with van der Waals surface area (Å²) >= 11 is 0. The highest BCUT2D eigenvalue weighted by molar-refractivity contribution is 5.91. The molecule has 0 saturated heterocycles. The fourth-order valence-corrected chi connectivity index (χ4v) is 1.09. The number of hydrogen-bond acceptors (Lipinski definition) is 10. The monoisotopic (exact) mass is 320 g/mol. The highest BCUT2D eigenvalue weighted by Crippen LogP contribution is 1.97. The van der Waals surface area contributed by atoms with Crippen molar-refractivity contribution in [1.82, 2.24) is 0 Å². The van der Waals surface area contributed by atoms with E-state index in [1.807, 2.05) is 0 Å². The minimum atomic E-state index is -1.46. The number of hydrogen-bond donors (Lipinski definition) is 5. The number of primary amides is 1. The normalized spacial score (nSPS) is 16.0. The van der Waals surface area contributed by atoms with E-state index in [0.717, 1.165) is 0 Å². The van der Waals surface area contributed by atoms with Gasteiger partial charge >= 0.3 is 17.9 Å². The Labute approximate surface area is 125 Å². The largest absolute Gasteiger partial charge is 0.462 e. The fourth-order valence-electron chi connectivity index (χ4n) is 1.09. The average Bonchev–Trinajstić information content (AvgIpc) is 2.42. The van der Waals surface area contributed by atoms with Crippen molar-refractivity contribution in [2.24, 2.45) is 22.9 Å².